The van der Waals surface area contributed by atoms with Gasteiger partial charge in [-0.05, 0) is 137 Å². The molecule has 4 aromatic heterocycles. The van der Waals surface area contributed by atoms with Gasteiger partial charge < -0.3 is 23.3 Å². The second kappa shape index (κ2) is 19.3. The van der Waals surface area contributed by atoms with Crippen LogP contribution < -0.4 is 9.64 Å². The number of para-hydroxylation sites is 5. The van der Waals surface area contributed by atoms with Gasteiger partial charge in [-0.3, -0.25) is 0 Å². The Morgan fingerprint density at radius 3 is 1.68 bits per heavy atom. The maximum atomic E-state index is 8.70. The van der Waals surface area contributed by atoms with Gasteiger partial charge in [0.1, 0.15) is 5.82 Å². The predicted octanol–water partition coefficient (Wildman–Crippen LogP) is 19.9. The first-order chi connectivity index (χ1) is 40.6. The van der Waals surface area contributed by atoms with Crippen LogP contribution in [0, 0.1) is 25.7 Å². The molecule has 402 valence electrons. The topological polar surface area (TPSA) is 40.1 Å². The average Bonchev–Trinajstić information content (AvgIpc) is 1.70. The molecule has 0 spiro atoms. The molecule has 1 aliphatic heterocycles. The van der Waals surface area contributed by atoms with E-state index >= 15 is 0 Å². The maximum Gasteiger partial charge on any atom is 0.135 e. The van der Waals surface area contributed by atoms with Crippen molar-refractivity contribution in [2.75, 3.05) is 4.90 Å². The first-order valence-electron chi connectivity index (χ1n) is 29.3. The van der Waals surface area contributed by atoms with Crippen LogP contribution in [-0.4, -0.2) is 18.7 Å². The summed E-state index contributed by atoms with van der Waals surface area (Å²) in [5.41, 5.74) is 12.3. The second-order valence-corrected chi connectivity index (χ2v) is 23.5. The Labute approximate surface area is 496 Å². The number of hydrogen-bond acceptors (Lipinski definition) is 3. The fourth-order valence-electron chi connectivity index (χ4n) is 12.5. The molecule has 82 heavy (non-hydrogen) atoms. The van der Waals surface area contributed by atoms with Crippen molar-refractivity contribution in [2.24, 2.45) is 0 Å². The van der Waals surface area contributed by atoms with Crippen LogP contribution in [0.1, 0.15) is 62.3 Å². The molecule has 1 aliphatic rings. The summed E-state index contributed by atoms with van der Waals surface area (Å²) in [6, 6.07) is 81.9. The molecule has 0 unspecified atom stereocenters. The second-order valence-electron chi connectivity index (χ2n) is 23.5. The van der Waals surface area contributed by atoms with Crippen LogP contribution in [0.5, 0.6) is 11.5 Å². The van der Waals surface area contributed by atoms with Gasteiger partial charge in [0.05, 0.1) is 11.0 Å². The number of nitrogens with zero attached hydrogens (tertiary/aromatic N) is 5. The zero-order valence-electron chi connectivity index (χ0n) is 49.3. The van der Waals surface area contributed by atoms with Crippen molar-refractivity contribution >= 4 is 98.3 Å². The summed E-state index contributed by atoms with van der Waals surface area (Å²) in [5, 5.41) is 10.9. The molecular formula is C75H58N5OPt-3. The quantitative estimate of drug-likeness (QED) is 0.156. The minimum atomic E-state index is -2.33. The van der Waals surface area contributed by atoms with E-state index in [1.54, 1.807) is 0 Å². The van der Waals surface area contributed by atoms with E-state index in [1.165, 1.54) is 5.56 Å². The van der Waals surface area contributed by atoms with Crippen molar-refractivity contribution in [3.63, 3.8) is 0 Å². The summed E-state index contributed by atoms with van der Waals surface area (Å²) in [7, 11) is 0. The molecule has 6 nitrogen and oxygen atoms in total. The number of pyridine rings is 1. The smallest absolute Gasteiger partial charge is 0.135 e. The number of fused-ring (bicyclic) bond motifs is 13. The van der Waals surface area contributed by atoms with E-state index in [0.717, 1.165) is 127 Å². The van der Waals surface area contributed by atoms with E-state index in [2.05, 4.69) is 267 Å². The first-order valence-corrected chi connectivity index (χ1v) is 27.8. The van der Waals surface area contributed by atoms with Crippen molar-refractivity contribution in [3.05, 3.63) is 254 Å². The normalized spacial score (nSPS) is 13.2. The Morgan fingerprint density at radius 2 is 1.04 bits per heavy atom. The molecule has 15 rings (SSSR count). The van der Waals surface area contributed by atoms with Crippen LogP contribution >= 0.6 is 0 Å². The minimum absolute atomic E-state index is 0. The fraction of sp³-hybridized carbons (Fsp3) is 0.120. The van der Waals surface area contributed by atoms with Crippen LogP contribution in [0.15, 0.2) is 219 Å². The summed E-state index contributed by atoms with van der Waals surface area (Å²) in [6.45, 7) is 12.9. The number of rotatable bonds is 6. The molecular weight excluding hydrogens is 1180 g/mol. The van der Waals surface area contributed by atoms with Crippen LogP contribution in [0.4, 0.5) is 11.4 Å². The van der Waals surface area contributed by atoms with Gasteiger partial charge in [-0.2, -0.15) is 6.07 Å². The van der Waals surface area contributed by atoms with Crippen LogP contribution in [-0.2, 0) is 31.9 Å². The molecule has 0 aliphatic carbocycles. The first kappa shape index (κ1) is 47.7. The largest absolute Gasteiger partial charge is 0.509 e. The van der Waals surface area contributed by atoms with Gasteiger partial charge in [-0.25, -0.2) is 4.98 Å². The van der Waals surface area contributed by atoms with E-state index in [4.69, 9.17) is 13.8 Å². The van der Waals surface area contributed by atoms with Crippen LogP contribution in [0.2, 0.25) is 0 Å². The molecule has 0 saturated heterocycles. The Hall–Kier alpha value is -9.09. The zero-order valence-corrected chi connectivity index (χ0v) is 48.6. The molecule has 0 fully saturated rings. The van der Waals surface area contributed by atoms with Crippen molar-refractivity contribution in [1.82, 2.24) is 18.7 Å². The molecule has 0 bridgehead atoms. The van der Waals surface area contributed by atoms with E-state index < -0.39 is 6.85 Å². The van der Waals surface area contributed by atoms with Gasteiger partial charge in [0.15, 0.2) is 0 Å². The molecule has 0 amide bonds. The number of hydrogen-bond donors (Lipinski definition) is 0. The molecule has 0 radical (unpaired) electrons. The van der Waals surface area contributed by atoms with Gasteiger partial charge in [0.2, 0.25) is 0 Å². The number of benzene rings is 10. The van der Waals surface area contributed by atoms with Gasteiger partial charge >= 0.3 is 0 Å². The molecule has 0 atom stereocenters. The number of ether oxygens (including phenoxy) is 1. The van der Waals surface area contributed by atoms with Crippen molar-refractivity contribution in [1.29, 1.82) is 0 Å². The molecule has 0 saturated carbocycles. The molecule has 5 heterocycles. The summed E-state index contributed by atoms with van der Waals surface area (Å²) in [6.07, 6.45) is 1.91. The molecule has 7 heteroatoms. The van der Waals surface area contributed by atoms with Crippen molar-refractivity contribution in [3.8, 4) is 34.1 Å². The fourth-order valence-corrected chi connectivity index (χ4v) is 12.5. The maximum absolute atomic E-state index is 8.70. The third-order valence-electron chi connectivity index (χ3n) is 16.4. The zero-order chi connectivity index (χ0) is 57.4. The third kappa shape index (κ3) is 8.17. The SMILES string of the molecule is [2H]C([2H])([2H])c1cc(-c2cccc3c4ccccc4c4ccccc4c4cccc5c4n(c23)[CH-]N5c2[c-]c(Oc3[c-]c4c(c(-n5c6ccccc6c6ccccc65)c3)c3ccccc3n4-c3cc(C(C)(C)C)ccn3)ccc2)cc(C(C)(C)C)c1.[Pt]. The summed E-state index contributed by atoms with van der Waals surface area (Å²) in [4.78, 5) is 7.26. The minimum Gasteiger partial charge on any atom is -0.509 e. The Kier molecular flexibility index (Phi) is 11.2. The Morgan fingerprint density at radius 1 is 0.476 bits per heavy atom. The number of anilines is 2. The third-order valence-corrected chi connectivity index (χ3v) is 16.4. The van der Waals surface area contributed by atoms with E-state index in [0.29, 0.717) is 17.1 Å². The molecule has 10 aromatic carbocycles. The summed E-state index contributed by atoms with van der Waals surface area (Å²) < 4.78 is 40.2. The standard InChI is InChI=1S/C75H58N5O.Pt/c1-47-39-48(41-50(40-47)75(5,6)7)54-30-19-31-61-57-25-10-8-23-55(57)56-24-9-11-26-58(56)62-32-20-36-67-73(62)78(72(54)61)46-77(67)51-21-18-22-52(43-51)81-53-44-68(79-64-33-15-12-27-59(64)60-28-13-16-34-65(60)79)71-63-29-14-17-35-66(63)80(69(71)45-53)70-42-49(37-38-76-70)74(2,3)4;/h8-42,44,46H,1-7H3;/q-3;/i1D3;. The van der Waals surface area contributed by atoms with Gasteiger partial charge in [0.25, 0.3) is 0 Å². The van der Waals surface area contributed by atoms with Crippen LogP contribution in [0.3, 0.4) is 0 Å². The molecule has 14 aromatic rings. The van der Waals surface area contributed by atoms with Crippen LogP contribution in [0.25, 0.3) is 110 Å². The van der Waals surface area contributed by atoms with Crippen molar-refractivity contribution in [2.45, 2.75) is 59.2 Å². The van der Waals surface area contributed by atoms with Crippen molar-refractivity contribution < 1.29 is 29.9 Å². The summed E-state index contributed by atoms with van der Waals surface area (Å²) in [5.74, 6) is 1.82. The van der Waals surface area contributed by atoms with E-state index in [9.17, 15) is 0 Å². The summed E-state index contributed by atoms with van der Waals surface area (Å²) >= 11 is 0. The predicted molar refractivity (Wildman–Crippen MR) is 339 cm³/mol. The van der Waals surface area contributed by atoms with E-state index in [-0.39, 0.29) is 31.9 Å². The average molecular weight is 1240 g/mol. The van der Waals surface area contributed by atoms with Gasteiger partial charge in [0, 0.05) is 64.8 Å². The van der Waals surface area contributed by atoms with Gasteiger partial charge in [-0.1, -0.05) is 215 Å². The van der Waals surface area contributed by atoms with Gasteiger partial charge in [-0.15, -0.1) is 30.3 Å². The molecule has 0 N–H and O–H groups in total. The number of aryl methyl sites for hydroxylation is 1. The number of aromatic nitrogens is 4. The Balaban J connectivity index is 0.00000640. The monoisotopic (exact) mass is 1240 g/mol. The van der Waals surface area contributed by atoms with E-state index in [1.807, 2.05) is 30.5 Å². The Bertz CT molecular complexity index is 5050.